The second-order valence-corrected chi connectivity index (χ2v) is 15.2. The van der Waals surface area contributed by atoms with Crippen LogP contribution >= 0.6 is 0 Å². The molecule has 287 valence electrons. The molecule has 1 radical (unpaired) electrons. The van der Waals surface area contributed by atoms with Gasteiger partial charge in [-0.3, -0.25) is 0 Å². The van der Waals surface area contributed by atoms with Crippen molar-refractivity contribution < 1.29 is 34.1 Å². The van der Waals surface area contributed by atoms with E-state index in [0.717, 1.165) is 43.9 Å². The largest absolute Gasteiger partial charge is 0.501 e. The molecule has 9 aromatic rings. The van der Waals surface area contributed by atoms with Gasteiger partial charge in [-0.2, -0.15) is 0 Å². The molecule has 6 aromatic carbocycles. The molecule has 0 atom stereocenters. The molecule has 0 aliphatic heterocycles. The summed E-state index contributed by atoms with van der Waals surface area (Å²) >= 11 is 0. The van der Waals surface area contributed by atoms with Crippen LogP contribution in [0.5, 0.6) is 0 Å². The molecule has 0 fully saturated rings. The molecule has 0 saturated heterocycles. The maximum absolute atomic E-state index is 9.03. The van der Waals surface area contributed by atoms with Crippen molar-refractivity contribution in [3.63, 3.8) is 0 Å². The Morgan fingerprint density at radius 2 is 1.49 bits per heavy atom. The van der Waals surface area contributed by atoms with Crippen molar-refractivity contribution in [3.05, 3.63) is 168 Å². The van der Waals surface area contributed by atoms with Crippen LogP contribution < -0.4 is 0 Å². The van der Waals surface area contributed by atoms with E-state index in [0.29, 0.717) is 46.4 Å². The van der Waals surface area contributed by atoms with Crippen molar-refractivity contribution >= 4 is 43.5 Å². The van der Waals surface area contributed by atoms with Gasteiger partial charge >= 0.3 is 0 Å². The van der Waals surface area contributed by atoms with Crippen molar-refractivity contribution in [3.8, 4) is 33.6 Å². The predicted octanol–water partition coefficient (Wildman–Crippen LogP) is 14.8. The van der Waals surface area contributed by atoms with E-state index in [9.17, 15) is 0 Å². The fraction of sp³-hybridized carbons (Fsp3) is 0.208. The van der Waals surface area contributed by atoms with Gasteiger partial charge in [0.2, 0.25) is 0 Å². The third-order valence-corrected chi connectivity index (χ3v) is 10.6. The molecule has 57 heavy (non-hydrogen) atoms. The third kappa shape index (κ3) is 7.95. The summed E-state index contributed by atoms with van der Waals surface area (Å²) in [5.41, 5.74) is 7.92. The quantitative estimate of drug-likeness (QED) is 0.123. The molecule has 9 rings (SSSR count). The number of pyridine rings is 2. The number of rotatable bonds is 6. The number of furan rings is 1. The van der Waals surface area contributed by atoms with Gasteiger partial charge in [-0.05, 0) is 104 Å². The molecule has 3 heterocycles. The molecule has 0 aliphatic carbocycles. The van der Waals surface area contributed by atoms with Crippen molar-refractivity contribution in [2.45, 2.75) is 72.5 Å². The number of aromatic nitrogens is 2. The minimum Gasteiger partial charge on any atom is -0.501 e. The van der Waals surface area contributed by atoms with E-state index < -0.39 is 19.6 Å². The van der Waals surface area contributed by atoms with Crippen molar-refractivity contribution in [1.29, 1.82) is 0 Å². The van der Waals surface area contributed by atoms with Crippen LogP contribution in [0.3, 0.4) is 0 Å². The minimum atomic E-state index is -2.35. The molecule has 3 aromatic heterocycles. The smallest absolute Gasteiger partial charge is 0.121 e. The van der Waals surface area contributed by atoms with E-state index in [1.807, 2.05) is 80.6 Å². The number of hydrogen-bond donors (Lipinski definition) is 0. The molecule has 3 nitrogen and oxygen atoms in total. The molecule has 4 heteroatoms. The van der Waals surface area contributed by atoms with E-state index in [-0.39, 0.29) is 31.1 Å². The summed E-state index contributed by atoms with van der Waals surface area (Å²) in [4.78, 5) is 9.02. The zero-order valence-corrected chi connectivity index (χ0v) is 35.1. The van der Waals surface area contributed by atoms with Crippen LogP contribution in [0.15, 0.2) is 138 Å². The van der Waals surface area contributed by atoms with Crippen molar-refractivity contribution in [2.75, 3.05) is 0 Å². The number of fused-ring (bicyclic) bond motifs is 6. The van der Waals surface area contributed by atoms with Gasteiger partial charge in [0.15, 0.2) is 0 Å². The third-order valence-electron chi connectivity index (χ3n) is 10.6. The van der Waals surface area contributed by atoms with Crippen LogP contribution in [0.1, 0.15) is 85.2 Å². The molecule has 0 saturated carbocycles. The summed E-state index contributed by atoms with van der Waals surface area (Å²) in [6.45, 7) is 5.76. The summed E-state index contributed by atoms with van der Waals surface area (Å²) in [5.74, 6) is -1.03. The maximum Gasteiger partial charge on any atom is 0.121 e. The first-order valence-electron chi connectivity index (χ1n) is 22.7. The van der Waals surface area contributed by atoms with Crippen LogP contribution in [-0.4, -0.2) is 9.97 Å². The van der Waals surface area contributed by atoms with Gasteiger partial charge in [0.25, 0.3) is 0 Å². The van der Waals surface area contributed by atoms with E-state index in [1.54, 1.807) is 18.3 Å². The van der Waals surface area contributed by atoms with E-state index in [4.69, 9.17) is 14.0 Å². The van der Waals surface area contributed by atoms with Crippen LogP contribution in [0.25, 0.3) is 77.1 Å². The summed E-state index contributed by atoms with van der Waals surface area (Å²) < 4.78 is 63.1. The molecule has 0 N–H and O–H groups in total. The average molecular weight is 928 g/mol. The van der Waals surface area contributed by atoms with Crippen molar-refractivity contribution in [1.82, 2.24) is 9.97 Å². The molecular weight excluding hydrogens is 873 g/mol. The zero-order valence-electron chi connectivity index (χ0n) is 39.8. The Kier molecular flexibility index (Phi) is 9.21. The Hall–Kier alpha value is -5.41. The first-order chi connectivity index (χ1) is 29.9. The molecule has 0 bridgehead atoms. The van der Waals surface area contributed by atoms with Gasteiger partial charge in [-0.1, -0.05) is 137 Å². The van der Waals surface area contributed by atoms with Gasteiger partial charge in [-0.15, -0.1) is 47.5 Å². The molecule has 0 unspecified atom stereocenters. The number of hydrogen-bond acceptors (Lipinski definition) is 3. The first-order valence-corrected chi connectivity index (χ1v) is 19.2. The van der Waals surface area contributed by atoms with Gasteiger partial charge in [0.1, 0.15) is 5.58 Å². The first kappa shape index (κ1) is 31.6. The number of nitrogens with zero attached hydrogens (tertiary/aromatic N) is 2. The Morgan fingerprint density at radius 3 is 2.26 bits per heavy atom. The van der Waals surface area contributed by atoms with Crippen LogP contribution in [0.4, 0.5) is 0 Å². The predicted molar refractivity (Wildman–Crippen MR) is 236 cm³/mol. The summed E-state index contributed by atoms with van der Waals surface area (Å²) in [5, 5.41) is 6.57. The van der Waals surface area contributed by atoms with Crippen LogP contribution in [0, 0.1) is 25.8 Å². The van der Waals surface area contributed by atoms with Crippen LogP contribution in [0.2, 0.25) is 0 Å². The van der Waals surface area contributed by atoms with Gasteiger partial charge < -0.3 is 14.4 Å². The Morgan fingerprint density at radius 1 is 0.719 bits per heavy atom. The van der Waals surface area contributed by atoms with E-state index in [1.165, 1.54) is 22.5 Å². The minimum absolute atomic E-state index is 0. The molecule has 0 aliphatic rings. The van der Waals surface area contributed by atoms with Gasteiger partial charge in [-0.25, -0.2) is 0 Å². The normalized spacial score (nSPS) is 14.0. The summed E-state index contributed by atoms with van der Waals surface area (Å²) in [6.07, 6.45) is 4.19. The second kappa shape index (κ2) is 16.6. The Balaban J connectivity index is 0.000000201. The second-order valence-electron chi connectivity index (χ2n) is 15.2. The Labute approximate surface area is 360 Å². The molecule has 0 spiro atoms. The SMILES string of the molecule is [2H]C([2H])([2H])c1c[c-]c(-c2cc(C(C)(C)C)ccn2)cc1-c1ccccc1.[2H]C([2H])([2H])c1cnc(-c2[c-]ccc3c2oc2cc4c(ccc5ccccc54)cc23)cc1C([2H])(CC)CC.[Ir]. The number of benzene rings is 6. The zero-order chi connectivity index (χ0) is 44.9. The van der Waals surface area contributed by atoms with Gasteiger partial charge in [0.05, 0.1) is 5.58 Å². The monoisotopic (exact) mass is 928 g/mol. The van der Waals surface area contributed by atoms with E-state index in [2.05, 4.69) is 85.3 Å². The Bertz CT molecular complexity index is 3130. The average Bonchev–Trinajstić information content (AvgIpc) is 3.65. The van der Waals surface area contributed by atoms with Gasteiger partial charge in [0, 0.05) is 47.5 Å². The molecular formula is C53H48IrN2O-2. The molecule has 0 amide bonds. The topological polar surface area (TPSA) is 38.9 Å². The fourth-order valence-corrected chi connectivity index (χ4v) is 7.49. The maximum atomic E-state index is 9.03. The standard InChI is InChI=1S/C31H26NO.C22H22N.Ir/c1-4-20(5-2)26-16-29(32-18-19(26)3)25-12-8-11-24-28-15-22-14-13-21-9-6-7-10-23(21)27(22)17-30(28)33-31(24)25;1-16-10-11-18(14-20(16)17-8-6-5-7-9-17)21-15-19(12-13-23-21)22(2,3)4;/h6-11,13-18,20H,4-5H2,1-3H3;5-10,12-15H,1-4H3;/q2*-1;/i3D3,20D;1D3;. The van der Waals surface area contributed by atoms with Crippen LogP contribution in [-0.2, 0) is 25.5 Å². The van der Waals surface area contributed by atoms with Crippen molar-refractivity contribution in [2.24, 2.45) is 0 Å². The summed E-state index contributed by atoms with van der Waals surface area (Å²) in [6, 6.07) is 45.9. The number of aryl methyl sites for hydroxylation is 2. The van der Waals surface area contributed by atoms with E-state index >= 15 is 0 Å². The fourth-order valence-electron chi connectivity index (χ4n) is 7.49. The summed E-state index contributed by atoms with van der Waals surface area (Å²) in [7, 11) is 0.